The molecule has 1 aliphatic rings. The number of carbonyl (C=O) groups excluding carboxylic acids is 1. The van der Waals surface area contributed by atoms with E-state index in [9.17, 15) is 4.79 Å². The number of morpholine rings is 1. The fraction of sp³-hybridized carbons (Fsp3) is 0.667. The molecule has 0 aliphatic carbocycles. The highest BCUT2D eigenvalue weighted by atomic mass is 35.5. The number of aromatic nitrogens is 2. The van der Waals surface area contributed by atoms with E-state index < -0.39 is 5.38 Å². The molecule has 0 N–H and O–H groups in total. The first kappa shape index (κ1) is 13.4. The molecule has 0 saturated carbocycles. The molecule has 0 spiro atoms. The standard InChI is InChI=1S/C12H18ClN3O2/c1-3-10-9(8-15(2)14-10)11(13)12(17)16-4-6-18-7-5-16/h8,11H,3-7H2,1-2H3. The maximum atomic E-state index is 12.3. The number of hydrogen-bond acceptors (Lipinski definition) is 3. The maximum Gasteiger partial charge on any atom is 0.245 e. The van der Waals surface area contributed by atoms with Crippen molar-refractivity contribution in [1.82, 2.24) is 14.7 Å². The first-order valence-corrected chi connectivity index (χ1v) is 6.60. The number of halogens is 1. The molecular weight excluding hydrogens is 254 g/mol. The Balaban J connectivity index is 2.13. The van der Waals surface area contributed by atoms with Crippen LogP contribution in [0.5, 0.6) is 0 Å². The number of nitrogens with zero attached hydrogens (tertiary/aromatic N) is 3. The molecule has 6 heteroatoms. The van der Waals surface area contributed by atoms with Gasteiger partial charge in [-0.1, -0.05) is 6.92 Å². The van der Waals surface area contributed by atoms with Crippen molar-refractivity contribution in [1.29, 1.82) is 0 Å². The summed E-state index contributed by atoms with van der Waals surface area (Å²) in [5, 5.41) is 3.67. The van der Waals surface area contributed by atoms with E-state index in [0.29, 0.717) is 26.3 Å². The summed E-state index contributed by atoms with van der Waals surface area (Å²) in [5.41, 5.74) is 1.71. The molecule has 0 aromatic carbocycles. The summed E-state index contributed by atoms with van der Waals surface area (Å²) >= 11 is 6.30. The SMILES string of the molecule is CCc1nn(C)cc1C(Cl)C(=O)N1CCOCC1. The third-order valence-electron chi connectivity index (χ3n) is 3.09. The minimum atomic E-state index is -0.647. The Morgan fingerprint density at radius 2 is 2.22 bits per heavy atom. The van der Waals surface area contributed by atoms with E-state index >= 15 is 0 Å². The molecule has 1 aliphatic heterocycles. The van der Waals surface area contributed by atoms with Gasteiger partial charge >= 0.3 is 0 Å². The van der Waals surface area contributed by atoms with Crippen LogP contribution in [-0.4, -0.2) is 46.9 Å². The lowest BCUT2D eigenvalue weighted by atomic mass is 10.1. The molecule has 1 unspecified atom stereocenters. The van der Waals surface area contributed by atoms with Gasteiger partial charge in [0, 0.05) is 31.9 Å². The van der Waals surface area contributed by atoms with Gasteiger partial charge in [-0.15, -0.1) is 11.6 Å². The van der Waals surface area contributed by atoms with Gasteiger partial charge in [0.2, 0.25) is 5.91 Å². The fourth-order valence-electron chi connectivity index (χ4n) is 2.12. The van der Waals surface area contributed by atoms with E-state index in [1.54, 1.807) is 9.58 Å². The lowest BCUT2D eigenvalue weighted by molar-refractivity contribution is -0.134. The third kappa shape index (κ3) is 2.67. The molecule has 5 nitrogen and oxygen atoms in total. The van der Waals surface area contributed by atoms with Crippen molar-refractivity contribution in [2.24, 2.45) is 7.05 Å². The second-order valence-electron chi connectivity index (χ2n) is 4.36. The van der Waals surface area contributed by atoms with Gasteiger partial charge < -0.3 is 9.64 Å². The van der Waals surface area contributed by atoms with E-state index in [1.165, 1.54) is 0 Å². The Bertz CT molecular complexity index is 427. The van der Waals surface area contributed by atoms with Crippen LogP contribution in [-0.2, 0) is 23.0 Å². The average molecular weight is 272 g/mol. The Kier molecular flexibility index (Phi) is 4.24. The number of ether oxygens (including phenoxy) is 1. The van der Waals surface area contributed by atoms with Crippen LogP contribution in [0, 0.1) is 0 Å². The number of rotatable bonds is 3. The van der Waals surface area contributed by atoms with Crippen molar-refractivity contribution in [3.63, 3.8) is 0 Å². The van der Waals surface area contributed by atoms with Crippen LogP contribution in [0.2, 0.25) is 0 Å². The number of alkyl halides is 1. The second-order valence-corrected chi connectivity index (χ2v) is 4.80. The summed E-state index contributed by atoms with van der Waals surface area (Å²) < 4.78 is 6.94. The van der Waals surface area contributed by atoms with Gasteiger partial charge in [0.05, 0.1) is 18.9 Å². The first-order chi connectivity index (χ1) is 8.63. The Labute approximate surface area is 112 Å². The monoisotopic (exact) mass is 271 g/mol. The van der Waals surface area contributed by atoms with Crippen molar-refractivity contribution in [2.75, 3.05) is 26.3 Å². The summed E-state index contributed by atoms with van der Waals surface area (Å²) in [6.45, 7) is 4.41. The molecule has 0 bridgehead atoms. The zero-order valence-electron chi connectivity index (χ0n) is 10.7. The van der Waals surface area contributed by atoms with Crippen molar-refractivity contribution < 1.29 is 9.53 Å². The molecule has 0 radical (unpaired) electrons. The van der Waals surface area contributed by atoms with Gasteiger partial charge in [-0.2, -0.15) is 5.10 Å². The summed E-state index contributed by atoms with van der Waals surface area (Å²) in [6, 6.07) is 0. The summed E-state index contributed by atoms with van der Waals surface area (Å²) in [7, 11) is 1.84. The van der Waals surface area contributed by atoms with Gasteiger partial charge in [-0.25, -0.2) is 0 Å². The van der Waals surface area contributed by atoms with Crippen LogP contribution >= 0.6 is 11.6 Å². The molecule has 18 heavy (non-hydrogen) atoms. The lowest BCUT2D eigenvalue weighted by Gasteiger charge is -2.28. The Hall–Kier alpha value is -1.07. The van der Waals surface area contributed by atoms with Crippen LogP contribution in [0.15, 0.2) is 6.20 Å². The van der Waals surface area contributed by atoms with Crippen LogP contribution in [0.3, 0.4) is 0 Å². The van der Waals surface area contributed by atoms with Crippen molar-refractivity contribution in [3.05, 3.63) is 17.5 Å². The smallest absolute Gasteiger partial charge is 0.245 e. The molecule has 100 valence electrons. The summed E-state index contributed by atoms with van der Waals surface area (Å²) in [6.07, 6.45) is 2.60. The largest absolute Gasteiger partial charge is 0.378 e. The normalized spacial score (nSPS) is 17.8. The van der Waals surface area contributed by atoms with Crippen molar-refractivity contribution in [3.8, 4) is 0 Å². The zero-order valence-corrected chi connectivity index (χ0v) is 11.5. The van der Waals surface area contributed by atoms with Crippen molar-refractivity contribution in [2.45, 2.75) is 18.7 Å². The highest BCUT2D eigenvalue weighted by molar-refractivity contribution is 6.30. The fourth-order valence-corrected chi connectivity index (χ4v) is 2.44. The predicted octanol–water partition coefficient (Wildman–Crippen LogP) is 1.12. The van der Waals surface area contributed by atoms with Gasteiger partial charge in [-0.3, -0.25) is 9.48 Å². The molecule has 1 saturated heterocycles. The average Bonchev–Trinajstić information content (AvgIpc) is 2.79. The molecule has 1 aromatic heterocycles. The van der Waals surface area contributed by atoms with Gasteiger partial charge in [0.25, 0.3) is 0 Å². The first-order valence-electron chi connectivity index (χ1n) is 6.16. The van der Waals surface area contributed by atoms with E-state index in [4.69, 9.17) is 16.3 Å². The minimum Gasteiger partial charge on any atom is -0.378 e. The Morgan fingerprint density at radius 3 is 2.83 bits per heavy atom. The van der Waals surface area contributed by atoms with E-state index in [1.807, 2.05) is 20.2 Å². The second kappa shape index (κ2) is 5.71. The van der Waals surface area contributed by atoms with E-state index in [2.05, 4.69) is 5.10 Å². The van der Waals surface area contributed by atoms with Gasteiger partial charge in [-0.05, 0) is 6.42 Å². The minimum absolute atomic E-state index is 0.0531. The molecule has 1 atom stereocenters. The number of amides is 1. The molecule has 2 rings (SSSR count). The van der Waals surface area contributed by atoms with Crippen LogP contribution < -0.4 is 0 Å². The van der Waals surface area contributed by atoms with Crippen LogP contribution in [0.25, 0.3) is 0 Å². The number of carbonyl (C=O) groups is 1. The van der Waals surface area contributed by atoms with E-state index in [0.717, 1.165) is 17.7 Å². The van der Waals surface area contributed by atoms with Crippen LogP contribution in [0.1, 0.15) is 23.6 Å². The molecule has 1 fully saturated rings. The predicted molar refractivity (Wildman–Crippen MR) is 68.6 cm³/mol. The molecule has 1 aromatic rings. The topological polar surface area (TPSA) is 47.4 Å². The van der Waals surface area contributed by atoms with E-state index in [-0.39, 0.29) is 5.91 Å². The summed E-state index contributed by atoms with van der Waals surface area (Å²) in [5.74, 6) is -0.0531. The quantitative estimate of drug-likeness (QED) is 0.774. The highest BCUT2D eigenvalue weighted by Gasteiger charge is 2.28. The van der Waals surface area contributed by atoms with Gasteiger partial charge in [0.1, 0.15) is 5.38 Å². The Morgan fingerprint density at radius 1 is 1.56 bits per heavy atom. The van der Waals surface area contributed by atoms with Crippen LogP contribution in [0.4, 0.5) is 0 Å². The molecule has 2 heterocycles. The number of hydrogen-bond donors (Lipinski definition) is 0. The number of aryl methyl sites for hydroxylation is 2. The molecule has 1 amide bonds. The molecular formula is C12H18ClN3O2. The van der Waals surface area contributed by atoms with Crippen molar-refractivity contribution >= 4 is 17.5 Å². The third-order valence-corrected chi connectivity index (χ3v) is 3.51. The lowest BCUT2D eigenvalue weighted by Crippen LogP contribution is -2.42. The zero-order chi connectivity index (χ0) is 13.1. The maximum absolute atomic E-state index is 12.3. The summed E-state index contributed by atoms with van der Waals surface area (Å²) in [4.78, 5) is 14.0. The van der Waals surface area contributed by atoms with Gasteiger partial charge in [0.15, 0.2) is 0 Å². The highest BCUT2D eigenvalue weighted by Crippen LogP contribution is 2.26.